The molecule has 0 unspecified atom stereocenters. The van der Waals surface area contributed by atoms with E-state index in [0.29, 0.717) is 31.7 Å². The first kappa shape index (κ1) is 23.3. The number of nitrogens with zero attached hydrogens (tertiary/aromatic N) is 5. The molecule has 10 heteroatoms. The summed E-state index contributed by atoms with van der Waals surface area (Å²) in [6, 6.07) is 7.12. The van der Waals surface area contributed by atoms with E-state index in [0.717, 1.165) is 61.1 Å². The van der Waals surface area contributed by atoms with Crippen LogP contribution in [-0.2, 0) is 4.79 Å². The lowest BCUT2D eigenvalue weighted by Gasteiger charge is -2.33. The zero-order valence-corrected chi connectivity index (χ0v) is 20.6. The van der Waals surface area contributed by atoms with Crippen molar-refractivity contribution in [1.29, 1.82) is 0 Å². The maximum Gasteiger partial charge on any atom is 0.258 e. The monoisotopic (exact) mass is 502 g/mol. The van der Waals surface area contributed by atoms with Crippen molar-refractivity contribution in [2.45, 2.75) is 44.2 Å². The summed E-state index contributed by atoms with van der Waals surface area (Å²) in [5.74, 6) is 0.500. The number of carbonyl (C=O) groups excluding carboxylic acids is 2. The van der Waals surface area contributed by atoms with Crippen LogP contribution in [0.1, 0.15) is 48.5 Å². The number of aromatic hydroxyl groups is 1. The Bertz CT molecular complexity index is 1380. The van der Waals surface area contributed by atoms with E-state index in [9.17, 15) is 14.7 Å². The van der Waals surface area contributed by atoms with Crippen molar-refractivity contribution in [2.75, 3.05) is 36.5 Å². The SMILES string of the molecule is C=CC(=O)N1CCCC[C@@H](n2c(NC(=O)c3ccnc(O)c3)nc3ccc4c(c32)N(C2CC2)CCO4)C1. The Kier molecular flexibility index (Phi) is 5.94. The van der Waals surface area contributed by atoms with Gasteiger partial charge in [-0.25, -0.2) is 9.97 Å². The van der Waals surface area contributed by atoms with E-state index in [1.807, 2.05) is 17.0 Å². The number of fused-ring (bicyclic) bond motifs is 3. The van der Waals surface area contributed by atoms with Crippen molar-refractivity contribution in [1.82, 2.24) is 19.4 Å². The molecule has 37 heavy (non-hydrogen) atoms. The van der Waals surface area contributed by atoms with Crippen molar-refractivity contribution in [3.8, 4) is 11.6 Å². The lowest BCUT2D eigenvalue weighted by molar-refractivity contribution is -0.126. The van der Waals surface area contributed by atoms with Crippen molar-refractivity contribution in [3.63, 3.8) is 0 Å². The molecule has 4 heterocycles. The van der Waals surface area contributed by atoms with Gasteiger partial charge in [-0.2, -0.15) is 0 Å². The van der Waals surface area contributed by atoms with Crippen LogP contribution < -0.4 is 15.0 Å². The lowest BCUT2D eigenvalue weighted by Crippen LogP contribution is -2.36. The molecular weight excluding hydrogens is 472 g/mol. The van der Waals surface area contributed by atoms with Gasteiger partial charge in [0.1, 0.15) is 18.0 Å². The molecule has 10 nitrogen and oxygen atoms in total. The zero-order valence-electron chi connectivity index (χ0n) is 20.6. The Balaban J connectivity index is 1.50. The molecule has 3 aliphatic rings. The number of hydrogen-bond donors (Lipinski definition) is 2. The third kappa shape index (κ3) is 4.36. The summed E-state index contributed by atoms with van der Waals surface area (Å²) in [5.41, 5.74) is 2.95. The van der Waals surface area contributed by atoms with E-state index in [1.165, 1.54) is 18.3 Å². The predicted molar refractivity (Wildman–Crippen MR) is 139 cm³/mol. The van der Waals surface area contributed by atoms with Gasteiger partial charge in [-0.1, -0.05) is 6.58 Å². The Labute approximate surface area is 214 Å². The normalized spacial score (nSPS) is 19.6. The van der Waals surface area contributed by atoms with Crippen LogP contribution in [0.2, 0.25) is 0 Å². The summed E-state index contributed by atoms with van der Waals surface area (Å²) >= 11 is 0. The number of pyridine rings is 1. The first-order chi connectivity index (χ1) is 18.0. The summed E-state index contributed by atoms with van der Waals surface area (Å²) in [6.07, 6.45) is 7.70. The van der Waals surface area contributed by atoms with Crippen molar-refractivity contribution < 1.29 is 19.4 Å². The molecule has 1 aromatic carbocycles. The van der Waals surface area contributed by atoms with Crippen LogP contribution in [-0.4, -0.2) is 68.6 Å². The van der Waals surface area contributed by atoms with Gasteiger partial charge in [0, 0.05) is 37.0 Å². The maximum atomic E-state index is 13.2. The third-order valence-electron chi connectivity index (χ3n) is 7.38. The van der Waals surface area contributed by atoms with Crippen LogP contribution in [0.4, 0.5) is 11.6 Å². The van der Waals surface area contributed by atoms with Crippen molar-refractivity contribution >= 4 is 34.5 Å². The second-order valence-corrected chi connectivity index (χ2v) is 9.85. The number of aromatic nitrogens is 3. The van der Waals surface area contributed by atoms with Crippen LogP contribution in [0.15, 0.2) is 43.1 Å². The molecule has 1 atom stereocenters. The number of benzene rings is 1. The van der Waals surface area contributed by atoms with Gasteiger partial charge < -0.3 is 24.2 Å². The minimum atomic E-state index is -0.397. The Morgan fingerprint density at radius 1 is 1.14 bits per heavy atom. The second kappa shape index (κ2) is 9.42. The number of nitrogens with one attached hydrogen (secondary N) is 1. The molecule has 1 saturated carbocycles. The number of likely N-dealkylation sites (tertiary alicyclic amines) is 1. The number of ether oxygens (including phenoxy) is 1. The van der Waals surface area contributed by atoms with E-state index >= 15 is 0 Å². The Morgan fingerprint density at radius 2 is 2.00 bits per heavy atom. The van der Waals surface area contributed by atoms with Gasteiger partial charge in [0.25, 0.3) is 5.91 Å². The highest BCUT2D eigenvalue weighted by Gasteiger charge is 2.37. The molecular formula is C27H30N6O4. The molecule has 0 bridgehead atoms. The van der Waals surface area contributed by atoms with Gasteiger partial charge in [0.05, 0.1) is 23.6 Å². The first-order valence-electron chi connectivity index (χ1n) is 12.9. The molecule has 1 saturated heterocycles. The fourth-order valence-corrected chi connectivity index (χ4v) is 5.50. The van der Waals surface area contributed by atoms with Gasteiger partial charge in [-0.05, 0) is 56.4 Å². The molecule has 0 spiro atoms. The molecule has 2 aromatic heterocycles. The van der Waals surface area contributed by atoms with Crippen LogP contribution in [0.3, 0.4) is 0 Å². The highest BCUT2D eigenvalue weighted by atomic mass is 16.5. The molecule has 0 radical (unpaired) electrons. The average Bonchev–Trinajstić information content (AvgIpc) is 3.72. The smallest absolute Gasteiger partial charge is 0.258 e. The number of imidazole rings is 1. The topological polar surface area (TPSA) is 113 Å². The summed E-state index contributed by atoms with van der Waals surface area (Å²) in [4.78, 5) is 38.7. The third-order valence-corrected chi connectivity index (χ3v) is 7.38. The summed E-state index contributed by atoms with van der Waals surface area (Å²) < 4.78 is 8.16. The van der Waals surface area contributed by atoms with Gasteiger partial charge in [-0.15, -0.1) is 0 Å². The maximum absolute atomic E-state index is 13.2. The zero-order chi connectivity index (χ0) is 25.5. The van der Waals surface area contributed by atoms with E-state index in [2.05, 4.69) is 26.3 Å². The van der Waals surface area contributed by atoms with E-state index in [1.54, 1.807) is 6.07 Å². The minimum Gasteiger partial charge on any atom is -0.493 e. The molecule has 6 rings (SSSR count). The van der Waals surface area contributed by atoms with E-state index in [-0.39, 0.29) is 23.4 Å². The Morgan fingerprint density at radius 3 is 2.78 bits per heavy atom. The molecule has 2 N–H and O–H groups in total. The first-order valence-corrected chi connectivity index (χ1v) is 12.9. The van der Waals surface area contributed by atoms with E-state index in [4.69, 9.17) is 9.72 Å². The number of carbonyl (C=O) groups is 2. The molecule has 2 amide bonds. The minimum absolute atomic E-state index is 0.0980. The van der Waals surface area contributed by atoms with Gasteiger partial charge in [0.2, 0.25) is 17.7 Å². The number of anilines is 2. The predicted octanol–water partition coefficient (Wildman–Crippen LogP) is 3.49. The van der Waals surface area contributed by atoms with Gasteiger partial charge in [-0.3, -0.25) is 14.9 Å². The highest BCUT2D eigenvalue weighted by molar-refractivity contribution is 6.05. The summed E-state index contributed by atoms with van der Waals surface area (Å²) in [6.45, 7) is 6.26. The fraction of sp³-hybridized carbons (Fsp3) is 0.407. The highest BCUT2D eigenvalue weighted by Crippen LogP contribution is 2.46. The average molecular weight is 503 g/mol. The number of amides is 2. The fourth-order valence-electron chi connectivity index (χ4n) is 5.50. The van der Waals surface area contributed by atoms with Crippen LogP contribution in [0.25, 0.3) is 11.0 Å². The van der Waals surface area contributed by atoms with Crippen molar-refractivity contribution in [3.05, 3.63) is 48.7 Å². The second-order valence-electron chi connectivity index (χ2n) is 9.85. The number of hydrogen-bond acceptors (Lipinski definition) is 7. The summed E-state index contributed by atoms with van der Waals surface area (Å²) in [7, 11) is 0. The van der Waals surface area contributed by atoms with Crippen molar-refractivity contribution in [2.24, 2.45) is 0 Å². The van der Waals surface area contributed by atoms with Crippen LogP contribution >= 0.6 is 0 Å². The molecule has 2 fully saturated rings. The largest absolute Gasteiger partial charge is 0.493 e. The summed E-state index contributed by atoms with van der Waals surface area (Å²) in [5, 5.41) is 12.8. The standard InChI is InChI=1S/C27H30N6O4/c1-2-23(35)31-12-4-3-5-19(16-31)33-24-20(8-9-21-25(24)32(13-14-37-21)18-6-7-18)29-27(33)30-26(36)17-10-11-28-22(34)15-17/h2,8-11,15,18-19H,1,3-7,12-14,16H2,(H,28,34)(H,29,30,36)/t19-/m1/s1. The van der Waals surface area contributed by atoms with Crippen LogP contribution in [0, 0.1) is 0 Å². The van der Waals surface area contributed by atoms with Gasteiger partial charge in [0.15, 0.2) is 0 Å². The Hall–Kier alpha value is -4.08. The van der Waals surface area contributed by atoms with E-state index < -0.39 is 5.91 Å². The lowest BCUT2D eigenvalue weighted by atomic mass is 10.1. The molecule has 3 aromatic rings. The molecule has 192 valence electrons. The quantitative estimate of drug-likeness (QED) is 0.514. The van der Waals surface area contributed by atoms with Crippen LogP contribution in [0.5, 0.6) is 11.6 Å². The molecule has 2 aliphatic heterocycles. The van der Waals surface area contributed by atoms with Gasteiger partial charge >= 0.3 is 0 Å². The molecule has 1 aliphatic carbocycles. The number of rotatable bonds is 5.